The Bertz CT molecular complexity index is 598. The second-order valence-electron chi connectivity index (χ2n) is 4.99. The lowest BCUT2D eigenvalue weighted by Gasteiger charge is -2.19. The highest BCUT2D eigenvalue weighted by Gasteiger charge is 2.13. The molecule has 0 heterocycles. The lowest BCUT2D eigenvalue weighted by Crippen LogP contribution is -2.33. The molecule has 0 aliphatic rings. The smallest absolute Gasteiger partial charge is 0.0439 e. The predicted octanol–water partition coefficient (Wildman–Crippen LogP) is 5.41. The van der Waals surface area contributed by atoms with Gasteiger partial charge in [0.2, 0.25) is 0 Å². The third-order valence-corrected chi connectivity index (χ3v) is 4.36. The van der Waals surface area contributed by atoms with Crippen LogP contribution in [-0.2, 0) is 12.8 Å². The molecule has 0 aliphatic carbocycles. The van der Waals surface area contributed by atoms with E-state index in [1.165, 1.54) is 0 Å². The van der Waals surface area contributed by atoms with E-state index < -0.39 is 0 Å². The first-order valence-corrected chi connectivity index (χ1v) is 8.14. The SMILES string of the molecule is CCNC(Cc1ccccc1Cl)Cc1cc(Cl)ccc1Cl. The van der Waals surface area contributed by atoms with Gasteiger partial charge in [0.05, 0.1) is 0 Å². The topological polar surface area (TPSA) is 12.0 Å². The fraction of sp³-hybridized carbons (Fsp3) is 0.294. The normalized spacial score (nSPS) is 12.4. The molecule has 0 saturated heterocycles. The largest absolute Gasteiger partial charge is 0.314 e. The third kappa shape index (κ3) is 4.89. The highest BCUT2D eigenvalue weighted by atomic mass is 35.5. The molecule has 112 valence electrons. The predicted molar refractivity (Wildman–Crippen MR) is 92.8 cm³/mol. The molecule has 1 N–H and O–H groups in total. The molecule has 2 aromatic rings. The van der Waals surface area contributed by atoms with Crippen LogP contribution in [0.25, 0.3) is 0 Å². The van der Waals surface area contributed by atoms with Crippen molar-refractivity contribution in [2.45, 2.75) is 25.8 Å². The summed E-state index contributed by atoms with van der Waals surface area (Å²) in [5.74, 6) is 0. The summed E-state index contributed by atoms with van der Waals surface area (Å²) >= 11 is 18.6. The molecule has 0 spiro atoms. The van der Waals surface area contributed by atoms with Crippen LogP contribution in [0.1, 0.15) is 18.1 Å². The quantitative estimate of drug-likeness (QED) is 0.740. The molecule has 1 nitrogen and oxygen atoms in total. The second-order valence-corrected chi connectivity index (χ2v) is 6.24. The van der Waals surface area contributed by atoms with Gasteiger partial charge in [-0.3, -0.25) is 0 Å². The lowest BCUT2D eigenvalue weighted by molar-refractivity contribution is 0.521. The molecule has 0 aromatic heterocycles. The molecule has 2 rings (SSSR count). The van der Waals surface area contributed by atoms with E-state index in [1.807, 2.05) is 36.4 Å². The van der Waals surface area contributed by atoms with Crippen molar-refractivity contribution in [2.75, 3.05) is 6.54 Å². The van der Waals surface area contributed by atoms with Crippen LogP contribution < -0.4 is 5.32 Å². The van der Waals surface area contributed by atoms with Crippen molar-refractivity contribution in [3.63, 3.8) is 0 Å². The highest BCUT2D eigenvalue weighted by molar-refractivity contribution is 6.33. The van der Waals surface area contributed by atoms with Crippen molar-refractivity contribution in [3.05, 3.63) is 68.7 Å². The van der Waals surface area contributed by atoms with Gasteiger partial charge in [0.25, 0.3) is 0 Å². The maximum atomic E-state index is 6.26. The number of likely N-dealkylation sites (N-methyl/N-ethyl adjacent to an activating group) is 1. The van der Waals surface area contributed by atoms with Crippen molar-refractivity contribution in [1.82, 2.24) is 5.32 Å². The van der Waals surface area contributed by atoms with Crippen molar-refractivity contribution < 1.29 is 0 Å². The standard InChI is InChI=1S/C17H18Cl3N/c1-2-21-15(10-12-5-3-4-6-16(12)19)11-13-9-14(18)7-8-17(13)20/h3-9,15,21H,2,10-11H2,1H3. The molecule has 0 fully saturated rings. The van der Waals surface area contributed by atoms with Crippen molar-refractivity contribution in [1.29, 1.82) is 0 Å². The van der Waals surface area contributed by atoms with Crippen molar-refractivity contribution in [3.8, 4) is 0 Å². The van der Waals surface area contributed by atoms with Gasteiger partial charge in [-0.05, 0) is 54.8 Å². The van der Waals surface area contributed by atoms with E-state index in [-0.39, 0.29) is 6.04 Å². The van der Waals surface area contributed by atoms with Crippen LogP contribution in [-0.4, -0.2) is 12.6 Å². The fourth-order valence-electron chi connectivity index (χ4n) is 2.40. The Hall–Kier alpha value is -0.730. The number of hydrogen-bond acceptors (Lipinski definition) is 1. The summed E-state index contributed by atoms with van der Waals surface area (Å²) in [6.45, 7) is 2.99. The first kappa shape index (κ1) is 16.6. The lowest BCUT2D eigenvalue weighted by atomic mass is 9.99. The second kappa shape index (κ2) is 8.05. The Morgan fingerprint density at radius 1 is 0.905 bits per heavy atom. The van der Waals surface area contributed by atoms with E-state index in [9.17, 15) is 0 Å². The maximum absolute atomic E-state index is 6.26. The van der Waals surface area contributed by atoms with E-state index in [2.05, 4.69) is 18.3 Å². The third-order valence-electron chi connectivity index (χ3n) is 3.39. The molecule has 1 unspecified atom stereocenters. The van der Waals surface area contributed by atoms with Gasteiger partial charge in [-0.2, -0.15) is 0 Å². The summed E-state index contributed by atoms with van der Waals surface area (Å²) in [6, 6.07) is 13.8. The zero-order chi connectivity index (χ0) is 15.2. The number of nitrogens with one attached hydrogen (secondary N) is 1. The van der Waals surface area contributed by atoms with Crippen LogP contribution >= 0.6 is 34.8 Å². The van der Waals surface area contributed by atoms with E-state index in [0.717, 1.165) is 40.6 Å². The summed E-state index contributed by atoms with van der Waals surface area (Å²) in [5, 5.41) is 5.76. The highest BCUT2D eigenvalue weighted by Crippen LogP contribution is 2.24. The molecular weight excluding hydrogens is 325 g/mol. The van der Waals surface area contributed by atoms with E-state index >= 15 is 0 Å². The summed E-state index contributed by atoms with van der Waals surface area (Å²) in [5.41, 5.74) is 2.20. The van der Waals surface area contributed by atoms with E-state index in [4.69, 9.17) is 34.8 Å². The average Bonchev–Trinajstić information content (AvgIpc) is 2.45. The van der Waals surface area contributed by atoms with Crippen LogP contribution in [0.2, 0.25) is 15.1 Å². The number of hydrogen-bond donors (Lipinski definition) is 1. The van der Waals surface area contributed by atoms with Gasteiger partial charge in [-0.1, -0.05) is 59.9 Å². The molecule has 1 atom stereocenters. The van der Waals surface area contributed by atoms with Crippen LogP contribution in [0.3, 0.4) is 0 Å². The molecule has 4 heteroatoms. The van der Waals surface area contributed by atoms with Gasteiger partial charge >= 0.3 is 0 Å². The van der Waals surface area contributed by atoms with Gasteiger partial charge in [0.15, 0.2) is 0 Å². The minimum absolute atomic E-state index is 0.269. The van der Waals surface area contributed by atoms with Crippen LogP contribution in [0.4, 0.5) is 0 Å². The van der Waals surface area contributed by atoms with Crippen molar-refractivity contribution >= 4 is 34.8 Å². The summed E-state index contributed by atoms with van der Waals surface area (Å²) in [7, 11) is 0. The molecule has 2 aromatic carbocycles. The molecular formula is C17H18Cl3N. The summed E-state index contributed by atoms with van der Waals surface area (Å²) in [6.07, 6.45) is 1.68. The zero-order valence-electron chi connectivity index (χ0n) is 11.9. The molecule has 0 radical (unpaired) electrons. The van der Waals surface area contributed by atoms with Gasteiger partial charge < -0.3 is 5.32 Å². The number of benzene rings is 2. The van der Waals surface area contributed by atoms with Crippen molar-refractivity contribution in [2.24, 2.45) is 0 Å². The molecule has 21 heavy (non-hydrogen) atoms. The van der Waals surface area contributed by atoms with E-state index in [0.29, 0.717) is 5.02 Å². The number of halogens is 3. The van der Waals surface area contributed by atoms with Crippen LogP contribution in [0.5, 0.6) is 0 Å². The molecule has 0 bridgehead atoms. The minimum Gasteiger partial charge on any atom is -0.314 e. The fourth-order valence-corrected chi connectivity index (χ4v) is 3.00. The van der Waals surface area contributed by atoms with E-state index in [1.54, 1.807) is 0 Å². The zero-order valence-corrected chi connectivity index (χ0v) is 14.1. The molecule has 0 amide bonds. The van der Waals surface area contributed by atoms with Gasteiger partial charge in [0, 0.05) is 21.1 Å². The molecule has 0 aliphatic heterocycles. The Kier molecular flexibility index (Phi) is 6.38. The average molecular weight is 343 g/mol. The summed E-state index contributed by atoms with van der Waals surface area (Å²) in [4.78, 5) is 0. The Balaban J connectivity index is 2.16. The van der Waals surface area contributed by atoms with Crippen LogP contribution in [0, 0.1) is 0 Å². The summed E-state index contributed by atoms with van der Waals surface area (Å²) < 4.78 is 0. The van der Waals surface area contributed by atoms with Crippen LogP contribution in [0.15, 0.2) is 42.5 Å². The van der Waals surface area contributed by atoms with Gasteiger partial charge in [0.1, 0.15) is 0 Å². The first-order valence-electron chi connectivity index (χ1n) is 7.01. The molecule has 0 saturated carbocycles. The first-order chi connectivity index (χ1) is 10.1. The Labute approximate surface area is 141 Å². The van der Waals surface area contributed by atoms with Gasteiger partial charge in [-0.25, -0.2) is 0 Å². The monoisotopic (exact) mass is 341 g/mol. The minimum atomic E-state index is 0.269. The maximum Gasteiger partial charge on any atom is 0.0439 e. The Morgan fingerprint density at radius 3 is 2.29 bits per heavy atom. The Morgan fingerprint density at radius 2 is 1.57 bits per heavy atom. The van der Waals surface area contributed by atoms with Gasteiger partial charge in [-0.15, -0.1) is 0 Å². The number of rotatable bonds is 6.